The molecule has 1 saturated carbocycles. The molecule has 0 bridgehead atoms. The molecule has 2 N–H and O–H groups in total. The van der Waals surface area contributed by atoms with Crippen molar-refractivity contribution in [3.63, 3.8) is 0 Å². The fourth-order valence-electron chi connectivity index (χ4n) is 2.94. The number of aromatic amines is 1. The fourth-order valence-corrected chi connectivity index (χ4v) is 2.94. The summed E-state index contributed by atoms with van der Waals surface area (Å²) in [5.74, 6) is 2.02. The van der Waals surface area contributed by atoms with Gasteiger partial charge in [0.1, 0.15) is 5.82 Å². The second kappa shape index (κ2) is 6.80. The van der Waals surface area contributed by atoms with E-state index in [1.54, 1.807) is 0 Å². The molecule has 1 aromatic heterocycles. The number of aromatic nitrogens is 2. The van der Waals surface area contributed by atoms with E-state index in [2.05, 4.69) is 22.2 Å². The Morgan fingerprint density at radius 1 is 1.41 bits per heavy atom. The molecule has 0 radical (unpaired) electrons. The van der Waals surface area contributed by atoms with Crippen LogP contribution in [0.25, 0.3) is 0 Å². The Morgan fingerprint density at radius 3 is 3.06 bits per heavy atom. The molecule has 0 saturated heterocycles. The first-order chi connectivity index (χ1) is 8.40. The molecular weight excluding hydrogens is 210 g/mol. The van der Waals surface area contributed by atoms with Crippen LogP contribution in [0.2, 0.25) is 0 Å². The Kier molecular flexibility index (Phi) is 5.05. The first-order valence-electron chi connectivity index (χ1n) is 7.11. The average molecular weight is 235 g/mol. The van der Waals surface area contributed by atoms with Crippen molar-refractivity contribution in [1.82, 2.24) is 15.3 Å². The number of nitrogens with one attached hydrogen (secondary N) is 2. The summed E-state index contributed by atoms with van der Waals surface area (Å²) in [6, 6.07) is 0.769. The van der Waals surface area contributed by atoms with E-state index in [4.69, 9.17) is 0 Å². The van der Waals surface area contributed by atoms with E-state index < -0.39 is 0 Å². The molecule has 0 aromatic carbocycles. The topological polar surface area (TPSA) is 40.7 Å². The lowest BCUT2D eigenvalue weighted by Crippen LogP contribution is -2.38. The van der Waals surface area contributed by atoms with Crippen LogP contribution in [0.3, 0.4) is 0 Å². The van der Waals surface area contributed by atoms with Gasteiger partial charge < -0.3 is 10.3 Å². The molecule has 0 amide bonds. The number of aryl methyl sites for hydroxylation is 1. The largest absolute Gasteiger partial charge is 0.349 e. The molecule has 1 fully saturated rings. The van der Waals surface area contributed by atoms with Crippen molar-refractivity contribution >= 4 is 0 Å². The molecule has 1 aliphatic carbocycles. The van der Waals surface area contributed by atoms with Gasteiger partial charge in [-0.3, -0.25) is 0 Å². The highest BCUT2D eigenvalue weighted by Crippen LogP contribution is 2.26. The van der Waals surface area contributed by atoms with Gasteiger partial charge >= 0.3 is 0 Å². The van der Waals surface area contributed by atoms with Crippen molar-refractivity contribution in [2.45, 2.75) is 57.9 Å². The van der Waals surface area contributed by atoms with Gasteiger partial charge in [-0.2, -0.15) is 0 Å². The Hall–Kier alpha value is -0.830. The summed E-state index contributed by atoms with van der Waals surface area (Å²) >= 11 is 0. The maximum absolute atomic E-state index is 4.25. The quantitative estimate of drug-likeness (QED) is 0.744. The Bertz CT molecular complexity index is 294. The van der Waals surface area contributed by atoms with E-state index >= 15 is 0 Å². The van der Waals surface area contributed by atoms with Gasteiger partial charge in [0, 0.05) is 24.9 Å². The fraction of sp³-hybridized carbons (Fsp3) is 0.786. The highest BCUT2D eigenvalue weighted by atomic mass is 14.9. The molecule has 0 aliphatic heterocycles. The molecule has 1 aromatic rings. The third-order valence-corrected chi connectivity index (χ3v) is 3.99. The van der Waals surface area contributed by atoms with Gasteiger partial charge in [0.25, 0.3) is 0 Å². The molecular formula is C14H25N3. The predicted octanol–water partition coefficient (Wildman–Crippen LogP) is 2.90. The molecule has 2 rings (SSSR count). The van der Waals surface area contributed by atoms with Crippen LogP contribution in [-0.2, 0) is 6.42 Å². The maximum Gasteiger partial charge on any atom is 0.106 e. The number of imidazole rings is 1. The summed E-state index contributed by atoms with van der Waals surface area (Å²) in [6.45, 7) is 3.45. The van der Waals surface area contributed by atoms with Gasteiger partial charge in [-0.1, -0.05) is 26.2 Å². The first kappa shape index (κ1) is 12.6. The van der Waals surface area contributed by atoms with Crippen molar-refractivity contribution < 1.29 is 0 Å². The minimum atomic E-state index is 0.769. The number of H-pyrrole nitrogens is 1. The van der Waals surface area contributed by atoms with Crippen molar-refractivity contribution in [3.05, 3.63) is 18.2 Å². The summed E-state index contributed by atoms with van der Waals surface area (Å²) < 4.78 is 0. The highest BCUT2D eigenvalue weighted by molar-refractivity contribution is 4.87. The van der Waals surface area contributed by atoms with Crippen LogP contribution in [0, 0.1) is 5.92 Å². The van der Waals surface area contributed by atoms with Crippen LogP contribution < -0.4 is 5.32 Å². The SMILES string of the molecule is CCC1CCCCC1NCCCc1ncc[nH]1. The number of rotatable bonds is 6. The second-order valence-electron chi connectivity index (χ2n) is 5.15. The van der Waals surface area contributed by atoms with Crippen molar-refractivity contribution in [1.29, 1.82) is 0 Å². The van der Waals surface area contributed by atoms with E-state index in [9.17, 15) is 0 Å². The minimum Gasteiger partial charge on any atom is -0.349 e. The van der Waals surface area contributed by atoms with Gasteiger partial charge in [-0.25, -0.2) is 4.98 Å². The van der Waals surface area contributed by atoms with Gasteiger partial charge in [-0.05, 0) is 31.7 Å². The predicted molar refractivity (Wildman–Crippen MR) is 70.9 cm³/mol. The summed E-state index contributed by atoms with van der Waals surface area (Å²) in [5, 5.41) is 3.74. The van der Waals surface area contributed by atoms with Crippen molar-refractivity contribution in [2.75, 3.05) is 6.54 Å². The zero-order chi connectivity index (χ0) is 11.9. The van der Waals surface area contributed by atoms with E-state index in [0.29, 0.717) is 0 Å². The van der Waals surface area contributed by atoms with Gasteiger partial charge in [0.05, 0.1) is 0 Å². The van der Waals surface area contributed by atoms with Crippen LogP contribution in [0.15, 0.2) is 12.4 Å². The normalized spacial score (nSPS) is 25.0. The lowest BCUT2D eigenvalue weighted by atomic mass is 9.83. The van der Waals surface area contributed by atoms with Crippen molar-refractivity contribution in [2.24, 2.45) is 5.92 Å². The lowest BCUT2D eigenvalue weighted by Gasteiger charge is -2.31. The standard InChI is InChI=1S/C14H25N3/c1-2-12-6-3-4-7-13(12)15-9-5-8-14-16-10-11-17-14/h10-13,15H,2-9H2,1H3,(H,16,17). The molecule has 17 heavy (non-hydrogen) atoms. The smallest absolute Gasteiger partial charge is 0.106 e. The summed E-state index contributed by atoms with van der Waals surface area (Å²) in [7, 11) is 0. The molecule has 2 atom stereocenters. The Balaban J connectivity index is 1.63. The lowest BCUT2D eigenvalue weighted by molar-refractivity contribution is 0.255. The van der Waals surface area contributed by atoms with Crippen LogP contribution in [-0.4, -0.2) is 22.6 Å². The summed E-state index contributed by atoms with van der Waals surface area (Å²) in [6.07, 6.45) is 12.9. The molecule has 3 nitrogen and oxygen atoms in total. The van der Waals surface area contributed by atoms with Crippen LogP contribution >= 0.6 is 0 Å². The molecule has 96 valence electrons. The molecule has 3 heteroatoms. The third-order valence-electron chi connectivity index (χ3n) is 3.99. The van der Waals surface area contributed by atoms with Crippen molar-refractivity contribution in [3.8, 4) is 0 Å². The monoisotopic (exact) mass is 235 g/mol. The van der Waals surface area contributed by atoms with Crippen LogP contribution in [0.4, 0.5) is 0 Å². The Morgan fingerprint density at radius 2 is 2.29 bits per heavy atom. The van der Waals surface area contributed by atoms with E-state index in [1.807, 2.05) is 12.4 Å². The number of hydrogen-bond acceptors (Lipinski definition) is 2. The van der Waals surface area contributed by atoms with Gasteiger partial charge in [0.15, 0.2) is 0 Å². The molecule has 1 heterocycles. The molecule has 0 spiro atoms. The zero-order valence-corrected chi connectivity index (χ0v) is 10.9. The van der Waals surface area contributed by atoms with Gasteiger partial charge in [-0.15, -0.1) is 0 Å². The first-order valence-corrected chi connectivity index (χ1v) is 7.11. The average Bonchev–Trinajstić information content (AvgIpc) is 2.88. The van der Waals surface area contributed by atoms with Crippen LogP contribution in [0.1, 0.15) is 51.3 Å². The number of hydrogen-bond donors (Lipinski definition) is 2. The number of nitrogens with zero attached hydrogens (tertiary/aromatic N) is 1. The second-order valence-corrected chi connectivity index (χ2v) is 5.15. The van der Waals surface area contributed by atoms with Gasteiger partial charge in [0.2, 0.25) is 0 Å². The molecule has 1 aliphatic rings. The maximum atomic E-state index is 4.25. The third kappa shape index (κ3) is 3.84. The van der Waals surface area contributed by atoms with E-state index in [0.717, 1.165) is 30.7 Å². The molecule has 2 unspecified atom stereocenters. The highest BCUT2D eigenvalue weighted by Gasteiger charge is 2.22. The van der Waals surface area contributed by atoms with Crippen LogP contribution in [0.5, 0.6) is 0 Å². The summed E-state index contributed by atoms with van der Waals surface area (Å²) in [5.41, 5.74) is 0. The Labute approximate surface area is 104 Å². The van der Waals surface area contributed by atoms with E-state index in [-0.39, 0.29) is 0 Å². The minimum absolute atomic E-state index is 0.769. The summed E-state index contributed by atoms with van der Waals surface area (Å²) in [4.78, 5) is 7.40. The van der Waals surface area contributed by atoms with E-state index in [1.165, 1.54) is 38.5 Å². The zero-order valence-electron chi connectivity index (χ0n) is 10.9.